The average Bonchev–Trinajstić information content (AvgIpc) is 2.37. The molecule has 0 unspecified atom stereocenters. The molecule has 0 saturated carbocycles. The lowest BCUT2D eigenvalue weighted by molar-refractivity contribution is 0.200. The summed E-state index contributed by atoms with van der Waals surface area (Å²) in [6.07, 6.45) is 2.30. The van der Waals surface area contributed by atoms with Crippen LogP contribution in [0.4, 0.5) is 0 Å². The van der Waals surface area contributed by atoms with E-state index in [1.807, 2.05) is 0 Å². The summed E-state index contributed by atoms with van der Waals surface area (Å²) >= 11 is 0. The maximum atomic E-state index is 5.05. The highest BCUT2D eigenvalue weighted by molar-refractivity contribution is 5.55. The van der Waals surface area contributed by atoms with Crippen LogP contribution in [0.2, 0.25) is 0 Å². The molecule has 0 bridgehead atoms. The zero-order valence-corrected chi connectivity index (χ0v) is 12.9. The first kappa shape index (κ1) is 15.9. The fourth-order valence-corrected chi connectivity index (χ4v) is 1.90. The van der Waals surface area contributed by atoms with Crippen LogP contribution in [0.1, 0.15) is 30.5 Å². The molecule has 0 fully saturated rings. The number of nitrogens with one attached hydrogen (secondary N) is 1. The first-order chi connectivity index (χ1) is 9.04. The molecule has 0 aliphatic heterocycles. The van der Waals surface area contributed by atoms with Crippen molar-refractivity contribution in [3.63, 3.8) is 0 Å². The first-order valence-corrected chi connectivity index (χ1v) is 7.02. The fourth-order valence-electron chi connectivity index (χ4n) is 1.90. The van der Waals surface area contributed by atoms with Crippen LogP contribution in [-0.2, 0) is 4.74 Å². The van der Waals surface area contributed by atoms with Gasteiger partial charge in [-0.1, -0.05) is 43.7 Å². The van der Waals surface area contributed by atoms with Gasteiger partial charge in [0.15, 0.2) is 0 Å². The largest absolute Gasteiger partial charge is 0.383 e. The SMILES string of the molecule is COCCNCC(=Cc1ccc(C)c(C)c1)C(C)C. The van der Waals surface area contributed by atoms with Gasteiger partial charge in [-0.25, -0.2) is 0 Å². The second-order valence-electron chi connectivity index (χ2n) is 5.39. The Morgan fingerprint density at radius 1 is 1.26 bits per heavy atom. The summed E-state index contributed by atoms with van der Waals surface area (Å²) < 4.78 is 5.05. The molecular weight excluding hydrogens is 234 g/mol. The van der Waals surface area contributed by atoms with Crippen LogP contribution < -0.4 is 5.32 Å². The normalized spacial score (nSPS) is 12.2. The second-order valence-corrected chi connectivity index (χ2v) is 5.39. The molecule has 0 aliphatic rings. The van der Waals surface area contributed by atoms with Gasteiger partial charge in [-0.3, -0.25) is 0 Å². The van der Waals surface area contributed by atoms with Gasteiger partial charge in [-0.2, -0.15) is 0 Å². The van der Waals surface area contributed by atoms with E-state index in [0.717, 1.165) is 19.7 Å². The number of aryl methyl sites for hydroxylation is 2. The third kappa shape index (κ3) is 5.58. The minimum absolute atomic E-state index is 0.552. The molecule has 0 heterocycles. The summed E-state index contributed by atoms with van der Waals surface area (Å²) in [4.78, 5) is 0. The zero-order valence-electron chi connectivity index (χ0n) is 12.9. The van der Waals surface area contributed by atoms with Gasteiger partial charge in [0.1, 0.15) is 0 Å². The number of ether oxygens (including phenoxy) is 1. The van der Waals surface area contributed by atoms with Crippen LogP contribution in [0.5, 0.6) is 0 Å². The number of benzene rings is 1. The molecule has 0 aromatic heterocycles. The van der Waals surface area contributed by atoms with Gasteiger partial charge in [-0.15, -0.1) is 0 Å². The van der Waals surface area contributed by atoms with Crippen LogP contribution in [0, 0.1) is 19.8 Å². The minimum atomic E-state index is 0.552. The van der Waals surface area contributed by atoms with Crippen molar-refractivity contribution >= 4 is 6.08 Å². The Labute approximate surface area is 117 Å². The molecule has 19 heavy (non-hydrogen) atoms. The molecular formula is C17H27NO. The summed E-state index contributed by atoms with van der Waals surface area (Å²) in [6, 6.07) is 6.64. The summed E-state index contributed by atoms with van der Waals surface area (Å²) in [5.74, 6) is 0.552. The van der Waals surface area contributed by atoms with E-state index in [4.69, 9.17) is 4.74 Å². The number of hydrogen-bond donors (Lipinski definition) is 1. The van der Waals surface area contributed by atoms with Crippen LogP contribution in [0.3, 0.4) is 0 Å². The molecule has 106 valence electrons. The van der Waals surface area contributed by atoms with Crippen molar-refractivity contribution in [3.8, 4) is 0 Å². The van der Waals surface area contributed by atoms with Crippen LogP contribution in [0.25, 0.3) is 6.08 Å². The Kier molecular flexibility index (Phi) is 6.82. The molecule has 1 aromatic carbocycles. The molecule has 1 rings (SSSR count). The van der Waals surface area contributed by atoms with E-state index < -0.39 is 0 Å². The highest BCUT2D eigenvalue weighted by atomic mass is 16.5. The van der Waals surface area contributed by atoms with Crippen molar-refractivity contribution in [3.05, 3.63) is 40.5 Å². The third-order valence-corrected chi connectivity index (χ3v) is 3.44. The van der Waals surface area contributed by atoms with E-state index in [2.05, 4.69) is 57.3 Å². The van der Waals surface area contributed by atoms with Gasteiger partial charge in [0, 0.05) is 20.2 Å². The van der Waals surface area contributed by atoms with Crippen LogP contribution >= 0.6 is 0 Å². The van der Waals surface area contributed by atoms with Gasteiger partial charge in [0.05, 0.1) is 6.61 Å². The number of rotatable bonds is 7. The van der Waals surface area contributed by atoms with Crippen LogP contribution in [0.15, 0.2) is 23.8 Å². The standard InChI is InChI=1S/C17H27NO/c1-13(2)17(12-18-8-9-19-5)11-16-7-6-14(3)15(4)10-16/h6-7,10-11,13,18H,8-9,12H2,1-5H3. The molecule has 1 aromatic rings. The highest BCUT2D eigenvalue weighted by Gasteiger charge is 2.04. The maximum Gasteiger partial charge on any atom is 0.0587 e. The summed E-state index contributed by atoms with van der Waals surface area (Å²) in [6.45, 7) is 11.4. The molecule has 0 amide bonds. The summed E-state index contributed by atoms with van der Waals surface area (Å²) in [5, 5.41) is 3.42. The van der Waals surface area contributed by atoms with Crippen molar-refractivity contribution in [1.82, 2.24) is 5.32 Å². The molecule has 1 N–H and O–H groups in total. The van der Waals surface area contributed by atoms with E-state index in [-0.39, 0.29) is 0 Å². The Balaban J connectivity index is 2.73. The lowest BCUT2D eigenvalue weighted by atomic mass is 9.98. The monoisotopic (exact) mass is 261 g/mol. The number of hydrogen-bond acceptors (Lipinski definition) is 2. The van der Waals surface area contributed by atoms with E-state index in [1.165, 1.54) is 22.3 Å². The van der Waals surface area contributed by atoms with E-state index in [9.17, 15) is 0 Å². The van der Waals surface area contributed by atoms with Crippen molar-refractivity contribution in [2.45, 2.75) is 27.7 Å². The zero-order chi connectivity index (χ0) is 14.3. The van der Waals surface area contributed by atoms with Crippen molar-refractivity contribution < 1.29 is 4.74 Å². The molecule has 2 heteroatoms. The van der Waals surface area contributed by atoms with Gasteiger partial charge >= 0.3 is 0 Å². The minimum Gasteiger partial charge on any atom is -0.383 e. The van der Waals surface area contributed by atoms with Crippen molar-refractivity contribution in [2.75, 3.05) is 26.8 Å². The second kappa shape index (κ2) is 8.13. The third-order valence-electron chi connectivity index (χ3n) is 3.44. The Bertz CT molecular complexity index is 421. The van der Waals surface area contributed by atoms with E-state index in [0.29, 0.717) is 5.92 Å². The Morgan fingerprint density at radius 3 is 2.58 bits per heavy atom. The van der Waals surface area contributed by atoms with E-state index in [1.54, 1.807) is 7.11 Å². The van der Waals surface area contributed by atoms with E-state index >= 15 is 0 Å². The quantitative estimate of drug-likeness (QED) is 0.758. The smallest absolute Gasteiger partial charge is 0.0587 e. The molecule has 0 saturated heterocycles. The average molecular weight is 261 g/mol. The fraction of sp³-hybridized carbons (Fsp3) is 0.529. The maximum absolute atomic E-state index is 5.05. The Hall–Kier alpha value is -1.12. The molecule has 0 atom stereocenters. The predicted octanol–water partition coefficient (Wildman–Crippen LogP) is 3.58. The topological polar surface area (TPSA) is 21.3 Å². The lowest BCUT2D eigenvalue weighted by Gasteiger charge is -2.13. The van der Waals surface area contributed by atoms with Gasteiger partial charge < -0.3 is 10.1 Å². The van der Waals surface area contributed by atoms with Crippen molar-refractivity contribution in [2.24, 2.45) is 5.92 Å². The summed E-state index contributed by atoms with van der Waals surface area (Å²) in [7, 11) is 1.73. The van der Waals surface area contributed by atoms with Gasteiger partial charge in [0.25, 0.3) is 0 Å². The van der Waals surface area contributed by atoms with Gasteiger partial charge in [0.2, 0.25) is 0 Å². The first-order valence-electron chi connectivity index (χ1n) is 7.02. The highest BCUT2D eigenvalue weighted by Crippen LogP contribution is 2.16. The summed E-state index contributed by atoms with van der Waals surface area (Å²) in [5.41, 5.74) is 5.42. The molecule has 2 nitrogen and oxygen atoms in total. The molecule has 0 spiro atoms. The Morgan fingerprint density at radius 2 is 2.00 bits per heavy atom. The lowest BCUT2D eigenvalue weighted by Crippen LogP contribution is -2.23. The molecule has 0 radical (unpaired) electrons. The van der Waals surface area contributed by atoms with Crippen LogP contribution in [-0.4, -0.2) is 26.8 Å². The van der Waals surface area contributed by atoms with Gasteiger partial charge in [-0.05, 0) is 36.5 Å². The molecule has 0 aliphatic carbocycles. The van der Waals surface area contributed by atoms with Crippen molar-refractivity contribution in [1.29, 1.82) is 0 Å². The predicted molar refractivity (Wildman–Crippen MR) is 83.5 cm³/mol. The number of methoxy groups -OCH3 is 1.